The number of rotatable bonds is 5. The largest absolute Gasteiger partial charge is 0.484 e. The summed E-state index contributed by atoms with van der Waals surface area (Å²) in [5.41, 5.74) is 2.13. The van der Waals surface area contributed by atoms with Crippen LogP contribution < -0.4 is 10.1 Å². The van der Waals surface area contributed by atoms with Gasteiger partial charge in [-0.3, -0.25) is 9.89 Å². The van der Waals surface area contributed by atoms with Gasteiger partial charge < -0.3 is 10.1 Å². The number of ether oxygens (including phenoxy) is 1. The number of anilines is 1. The molecule has 0 saturated heterocycles. The number of amides is 1. The summed E-state index contributed by atoms with van der Waals surface area (Å²) >= 11 is 0. The van der Waals surface area contributed by atoms with Crippen molar-refractivity contribution in [1.82, 2.24) is 10.2 Å². The van der Waals surface area contributed by atoms with Gasteiger partial charge in [0.15, 0.2) is 6.61 Å². The van der Waals surface area contributed by atoms with Crippen molar-refractivity contribution < 1.29 is 9.53 Å². The molecule has 0 aliphatic rings. The van der Waals surface area contributed by atoms with Gasteiger partial charge in [0.25, 0.3) is 5.91 Å². The Morgan fingerprint density at radius 2 is 2.05 bits per heavy atom. The average molecular weight is 273 g/mol. The predicted molar refractivity (Wildman–Crippen MR) is 78.0 cm³/mol. The van der Waals surface area contributed by atoms with Gasteiger partial charge in [-0.05, 0) is 30.5 Å². The van der Waals surface area contributed by atoms with Gasteiger partial charge in [0.05, 0.1) is 6.20 Å². The van der Waals surface area contributed by atoms with Crippen LogP contribution in [0.2, 0.25) is 0 Å². The van der Waals surface area contributed by atoms with Crippen LogP contribution in [0.5, 0.6) is 5.75 Å². The van der Waals surface area contributed by atoms with Crippen LogP contribution in [-0.2, 0) is 4.79 Å². The third kappa shape index (κ3) is 3.60. The lowest BCUT2D eigenvalue weighted by Gasteiger charge is -2.09. The summed E-state index contributed by atoms with van der Waals surface area (Å²) in [6, 6.07) is 7.78. The Morgan fingerprint density at radius 1 is 1.35 bits per heavy atom. The number of aromatic amines is 1. The lowest BCUT2D eigenvalue weighted by atomic mass is 10.0. The zero-order chi connectivity index (χ0) is 14.5. The molecule has 2 rings (SSSR count). The summed E-state index contributed by atoms with van der Waals surface area (Å²) in [6.45, 7) is 6.11. The van der Waals surface area contributed by atoms with Crippen molar-refractivity contribution in [2.24, 2.45) is 0 Å². The molecular formula is C15H19N3O2. The fraction of sp³-hybridized carbons (Fsp3) is 0.333. The molecule has 0 unspecified atom stereocenters. The molecule has 1 amide bonds. The van der Waals surface area contributed by atoms with Crippen molar-refractivity contribution in [2.45, 2.75) is 26.7 Å². The van der Waals surface area contributed by atoms with Crippen molar-refractivity contribution in [3.63, 3.8) is 0 Å². The van der Waals surface area contributed by atoms with Crippen LogP contribution in [0, 0.1) is 6.92 Å². The number of H-pyrrole nitrogens is 1. The van der Waals surface area contributed by atoms with E-state index in [2.05, 4.69) is 29.4 Å². The van der Waals surface area contributed by atoms with E-state index in [1.54, 1.807) is 6.20 Å². The van der Waals surface area contributed by atoms with E-state index in [4.69, 9.17) is 4.74 Å². The third-order valence-corrected chi connectivity index (χ3v) is 3.01. The molecule has 5 nitrogen and oxygen atoms in total. The number of nitrogens with zero attached hydrogens (tertiary/aromatic N) is 1. The predicted octanol–water partition coefficient (Wildman–Crippen LogP) is 2.86. The monoisotopic (exact) mass is 273 g/mol. The van der Waals surface area contributed by atoms with Crippen LogP contribution in [0.3, 0.4) is 0 Å². The second-order valence-electron chi connectivity index (χ2n) is 4.99. The van der Waals surface area contributed by atoms with E-state index in [9.17, 15) is 4.79 Å². The third-order valence-electron chi connectivity index (χ3n) is 3.01. The van der Waals surface area contributed by atoms with Crippen LogP contribution in [0.25, 0.3) is 0 Å². The van der Waals surface area contributed by atoms with Crippen molar-refractivity contribution in [3.05, 3.63) is 41.6 Å². The summed E-state index contributed by atoms with van der Waals surface area (Å²) in [7, 11) is 0. The zero-order valence-electron chi connectivity index (χ0n) is 11.9. The minimum Gasteiger partial charge on any atom is -0.484 e. The number of carbonyl (C=O) groups excluding carboxylic acids is 1. The molecule has 0 saturated carbocycles. The molecule has 0 aliphatic heterocycles. The van der Waals surface area contributed by atoms with Crippen LogP contribution in [0.15, 0.2) is 30.5 Å². The molecule has 5 heteroatoms. The van der Waals surface area contributed by atoms with Gasteiger partial charge in [-0.1, -0.05) is 26.0 Å². The van der Waals surface area contributed by atoms with Crippen LogP contribution in [0.4, 0.5) is 5.82 Å². The van der Waals surface area contributed by atoms with Crippen molar-refractivity contribution in [2.75, 3.05) is 11.9 Å². The minimum atomic E-state index is -0.217. The van der Waals surface area contributed by atoms with Crippen molar-refractivity contribution in [1.29, 1.82) is 0 Å². The average Bonchev–Trinajstić information content (AvgIpc) is 2.82. The van der Waals surface area contributed by atoms with Gasteiger partial charge in [0, 0.05) is 5.56 Å². The Morgan fingerprint density at radius 3 is 2.60 bits per heavy atom. The molecule has 0 fully saturated rings. The normalized spacial score (nSPS) is 10.6. The SMILES string of the molecule is Cc1cn[nH]c1NC(=O)COc1ccc(C(C)C)cc1. The summed E-state index contributed by atoms with van der Waals surface area (Å²) in [6.07, 6.45) is 1.65. The fourth-order valence-corrected chi connectivity index (χ4v) is 1.75. The first-order valence-electron chi connectivity index (χ1n) is 6.59. The van der Waals surface area contributed by atoms with Crippen LogP contribution in [-0.4, -0.2) is 22.7 Å². The molecule has 0 bridgehead atoms. The number of aromatic nitrogens is 2. The highest BCUT2D eigenvalue weighted by Gasteiger charge is 2.07. The highest BCUT2D eigenvalue weighted by Crippen LogP contribution is 2.18. The Kier molecular flexibility index (Phi) is 4.40. The molecule has 0 aliphatic carbocycles. The second-order valence-corrected chi connectivity index (χ2v) is 4.99. The number of hydrogen-bond acceptors (Lipinski definition) is 3. The molecular weight excluding hydrogens is 254 g/mol. The maximum Gasteiger partial charge on any atom is 0.263 e. The number of aryl methyl sites for hydroxylation is 1. The standard InChI is InChI=1S/C15H19N3O2/c1-10(2)12-4-6-13(7-5-12)20-9-14(19)17-15-11(3)8-16-18-15/h4-8,10H,9H2,1-3H3,(H2,16,17,18,19). The number of carbonyl (C=O) groups is 1. The van der Waals surface area contributed by atoms with Gasteiger partial charge in [0.1, 0.15) is 11.6 Å². The first-order valence-corrected chi connectivity index (χ1v) is 6.59. The summed E-state index contributed by atoms with van der Waals surface area (Å²) < 4.78 is 5.44. The molecule has 2 aromatic rings. The molecule has 1 aromatic carbocycles. The van der Waals surface area contributed by atoms with Gasteiger partial charge in [-0.25, -0.2) is 0 Å². The van der Waals surface area contributed by atoms with Crippen LogP contribution >= 0.6 is 0 Å². The Balaban J connectivity index is 1.85. The van der Waals surface area contributed by atoms with E-state index in [-0.39, 0.29) is 12.5 Å². The lowest BCUT2D eigenvalue weighted by Crippen LogP contribution is -2.20. The molecule has 1 heterocycles. The van der Waals surface area contributed by atoms with Gasteiger partial charge in [0.2, 0.25) is 0 Å². The summed E-state index contributed by atoms with van der Waals surface area (Å²) in [5.74, 6) is 1.56. The Labute approximate surface area is 118 Å². The smallest absolute Gasteiger partial charge is 0.263 e. The van der Waals surface area contributed by atoms with E-state index in [0.29, 0.717) is 17.5 Å². The first kappa shape index (κ1) is 14.1. The topological polar surface area (TPSA) is 67.0 Å². The van der Waals surface area contributed by atoms with Crippen molar-refractivity contribution in [3.8, 4) is 5.75 Å². The quantitative estimate of drug-likeness (QED) is 0.880. The van der Waals surface area contributed by atoms with E-state index in [1.165, 1.54) is 5.56 Å². The number of benzene rings is 1. The molecule has 0 atom stereocenters. The minimum absolute atomic E-state index is 0.0283. The highest BCUT2D eigenvalue weighted by molar-refractivity contribution is 5.91. The van der Waals surface area contributed by atoms with Gasteiger partial charge in [-0.15, -0.1) is 0 Å². The highest BCUT2D eigenvalue weighted by atomic mass is 16.5. The molecule has 2 N–H and O–H groups in total. The molecule has 0 spiro atoms. The first-order chi connectivity index (χ1) is 9.56. The number of nitrogens with one attached hydrogen (secondary N) is 2. The zero-order valence-corrected chi connectivity index (χ0v) is 11.9. The van der Waals surface area contributed by atoms with E-state index in [0.717, 1.165) is 5.56 Å². The van der Waals surface area contributed by atoms with Crippen LogP contribution in [0.1, 0.15) is 30.9 Å². The molecule has 106 valence electrons. The fourth-order valence-electron chi connectivity index (χ4n) is 1.75. The van der Waals surface area contributed by atoms with E-state index >= 15 is 0 Å². The maximum absolute atomic E-state index is 11.7. The van der Waals surface area contributed by atoms with E-state index in [1.807, 2.05) is 31.2 Å². The summed E-state index contributed by atoms with van der Waals surface area (Å²) in [5, 5.41) is 9.26. The number of hydrogen-bond donors (Lipinski definition) is 2. The molecule has 0 radical (unpaired) electrons. The molecule has 20 heavy (non-hydrogen) atoms. The Bertz CT molecular complexity index is 573. The molecule has 1 aromatic heterocycles. The van der Waals surface area contributed by atoms with Gasteiger partial charge in [-0.2, -0.15) is 5.10 Å². The lowest BCUT2D eigenvalue weighted by molar-refractivity contribution is -0.118. The Hall–Kier alpha value is -2.30. The second kappa shape index (κ2) is 6.23. The van der Waals surface area contributed by atoms with Gasteiger partial charge >= 0.3 is 0 Å². The van der Waals surface area contributed by atoms with Crippen molar-refractivity contribution >= 4 is 11.7 Å². The maximum atomic E-state index is 11.7. The van der Waals surface area contributed by atoms with E-state index < -0.39 is 0 Å². The summed E-state index contributed by atoms with van der Waals surface area (Å²) in [4.78, 5) is 11.7.